The van der Waals surface area contributed by atoms with Gasteiger partial charge in [-0.1, -0.05) is 0 Å². The molecule has 1 amide bonds. The van der Waals surface area contributed by atoms with Gasteiger partial charge in [-0.3, -0.25) is 4.79 Å². The molecule has 0 saturated carbocycles. The van der Waals surface area contributed by atoms with Gasteiger partial charge in [-0.15, -0.1) is 0 Å². The van der Waals surface area contributed by atoms with E-state index < -0.39 is 15.5 Å². The molecule has 158 valence electrons. The van der Waals surface area contributed by atoms with Crippen molar-refractivity contribution < 1.29 is 31.1 Å². The van der Waals surface area contributed by atoms with Crippen molar-refractivity contribution in [2.24, 2.45) is 4.99 Å². The minimum absolute atomic E-state index is 0.125. The van der Waals surface area contributed by atoms with Gasteiger partial charge in [0.1, 0.15) is 6.54 Å². The first-order valence-electron chi connectivity index (χ1n) is 8.48. The zero-order valence-electron chi connectivity index (χ0n) is 15.3. The highest BCUT2D eigenvalue weighted by atomic mass is 32.2. The second-order valence-corrected chi connectivity index (χ2v) is 7.74. The fourth-order valence-electron chi connectivity index (χ4n) is 2.40. The van der Waals surface area contributed by atoms with Gasteiger partial charge in [0.05, 0.1) is 6.61 Å². The molecule has 0 bridgehead atoms. The number of amides is 1. The molecule has 0 unspecified atom stereocenters. The Labute approximate surface area is 156 Å². The van der Waals surface area contributed by atoms with E-state index in [0.29, 0.717) is 30.0 Å². The number of aliphatic imine (C=N–C) groups is 1. The first-order valence-corrected chi connectivity index (χ1v) is 9.92. The lowest BCUT2D eigenvalue weighted by atomic mass is 10.1. The molecule has 1 saturated heterocycles. The van der Waals surface area contributed by atoms with Crippen LogP contribution in [0.1, 0.15) is 19.8 Å². The lowest BCUT2D eigenvalue weighted by Gasteiger charge is -2.32. The molecule has 0 atom stereocenters. The summed E-state index contributed by atoms with van der Waals surface area (Å²) in [5.74, 6) is 0.0480. The number of hydrogen-bond donors (Lipinski definition) is 3. The first kappa shape index (κ1) is 23.4. The van der Waals surface area contributed by atoms with E-state index in [9.17, 15) is 26.4 Å². The molecule has 13 heteroatoms. The number of alkyl halides is 3. The van der Waals surface area contributed by atoms with E-state index in [-0.39, 0.29) is 44.4 Å². The molecule has 0 aromatic heterocycles. The summed E-state index contributed by atoms with van der Waals surface area (Å²) in [6, 6.07) is -0.251. The lowest BCUT2D eigenvalue weighted by molar-refractivity contribution is -0.119. The van der Waals surface area contributed by atoms with Gasteiger partial charge < -0.3 is 20.7 Å². The van der Waals surface area contributed by atoms with Gasteiger partial charge >= 0.3 is 15.5 Å². The molecule has 1 heterocycles. The van der Waals surface area contributed by atoms with Crippen molar-refractivity contribution in [1.82, 2.24) is 20.3 Å². The molecular formula is C14H26F3N5O4S. The number of rotatable bonds is 8. The van der Waals surface area contributed by atoms with Crippen molar-refractivity contribution in [1.29, 1.82) is 0 Å². The van der Waals surface area contributed by atoms with Gasteiger partial charge in [-0.25, -0.2) is 13.4 Å². The Morgan fingerprint density at radius 2 is 1.89 bits per heavy atom. The Balaban J connectivity index is 2.55. The predicted octanol–water partition coefficient (Wildman–Crippen LogP) is -0.382. The molecule has 27 heavy (non-hydrogen) atoms. The summed E-state index contributed by atoms with van der Waals surface area (Å²) in [7, 11) is -3.78. The number of sulfonamides is 1. The third-order valence-corrected chi connectivity index (χ3v) is 5.41. The van der Waals surface area contributed by atoms with Crippen LogP contribution in [-0.4, -0.2) is 82.6 Å². The highest BCUT2D eigenvalue weighted by Crippen LogP contribution is 2.28. The second kappa shape index (κ2) is 10.7. The minimum atomic E-state index is -5.30. The molecule has 0 aromatic carbocycles. The van der Waals surface area contributed by atoms with Crippen molar-refractivity contribution in [3.8, 4) is 0 Å². The van der Waals surface area contributed by atoms with E-state index in [1.165, 1.54) is 7.11 Å². The van der Waals surface area contributed by atoms with Gasteiger partial charge in [-0.05, 0) is 19.8 Å². The number of guanidine groups is 1. The summed E-state index contributed by atoms with van der Waals surface area (Å²) in [6.07, 6.45) is 0.388. The van der Waals surface area contributed by atoms with Crippen LogP contribution in [0.3, 0.4) is 0 Å². The average Bonchev–Trinajstić information content (AvgIpc) is 2.59. The Hall–Kier alpha value is -1.60. The van der Waals surface area contributed by atoms with Crippen LogP contribution in [0.25, 0.3) is 0 Å². The van der Waals surface area contributed by atoms with E-state index in [4.69, 9.17) is 4.74 Å². The maximum Gasteiger partial charge on any atom is 0.511 e. The molecule has 1 aliphatic heterocycles. The van der Waals surface area contributed by atoms with Gasteiger partial charge in [0, 0.05) is 39.3 Å². The lowest BCUT2D eigenvalue weighted by Crippen LogP contribution is -2.51. The molecule has 0 spiro atoms. The normalized spacial score (nSPS) is 17.6. The number of ether oxygens (including phenoxy) is 1. The molecule has 0 aliphatic carbocycles. The highest BCUT2D eigenvalue weighted by Gasteiger charge is 2.50. The second-order valence-electron chi connectivity index (χ2n) is 5.81. The fraction of sp³-hybridized carbons (Fsp3) is 0.857. The van der Waals surface area contributed by atoms with E-state index in [0.717, 1.165) is 0 Å². The number of hydrogen-bond acceptors (Lipinski definition) is 5. The molecule has 3 N–H and O–H groups in total. The zero-order chi connectivity index (χ0) is 20.5. The topological polar surface area (TPSA) is 112 Å². The average molecular weight is 417 g/mol. The maximum atomic E-state index is 12.6. The summed E-state index contributed by atoms with van der Waals surface area (Å²) in [6.45, 7) is 2.49. The highest BCUT2D eigenvalue weighted by molar-refractivity contribution is 7.90. The van der Waals surface area contributed by atoms with Crippen LogP contribution >= 0.6 is 0 Å². The molecular weight excluding hydrogens is 391 g/mol. The summed E-state index contributed by atoms with van der Waals surface area (Å²) in [5.41, 5.74) is -5.29. The van der Waals surface area contributed by atoms with Gasteiger partial charge in [0.25, 0.3) is 0 Å². The van der Waals surface area contributed by atoms with E-state index >= 15 is 0 Å². The number of nitrogens with one attached hydrogen (secondary N) is 3. The number of piperidine rings is 1. The standard InChI is InChI=1S/C14H26F3N5O4S/c1-3-18-13(20-10-12(23)19-6-9-26-2)21-11-4-7-22(8-5-11)27(24,25)14(15,16)17/h11H,3-10H2,1-2H3,(H,19,23)(H2,18,20,21). The molecule has 0 radical (unpaired) electrons. The number of methoxy groups -OCH3 is 1. The number of carbonyl (C=O) groups is 1. The number of carbonyl (C=O) groups excluding carboxylic acids is 1. The Morgan fingerprint density at radius 1 is 1.26 bits per heavy atom. The van der Waals surface area contributed by atoms with Crippen LogP contribution in [0, 0.1) is 0 Å². The SMILES string of the molecule is CCNC(=NCC(=O)NCCOC)NC1CCN(S(=O)(=O)C(F)(F)F)CC1. The summed E-state index contributed by atoms with van der Waals surface area (Å²) in [4.78, 5) is 15.8. The summed E-state index contributed by atoms with van der Waals surface area (Å²) >= 11 is 0. The smallest absolute Gasteiger partial charge is 0.383 e. The van der Waals surface area contributed by atoms with Crippen molar-refractivity contribution in [2.45, 2.75) is 31.3 Å². The molecule has 1 rings (SSSR count). The Bertz CT molecular complexity index is 604. The van der Waals surface area contributed by atoms with Gasteiger partial charge in [0.2, 0.25) is 5.91 Å². The van der Waals surface area contributed by atoms with Crippen LogP contribution < -0.4 is 16.0 Å². The van der Waals surface area contributed by atoms with Gasteiger partial charge in [0.15, 0.2) is 5.96 Å². The van der Waals surface area contributed by atoms with Crippen LogP contribution in [0.2, 0.25) is 0 Å². The Morgan fingerprint density at radius 3 is 2.41 bits per heavy atom. The largest absolute Gasteiger partial charge is 0.511 e. The quantitative estimate of drug-likeness (QED) is 0.282. The van der Waals surface area contributed by atoms with E-state index in [2.05, 4.69) is 20.9 Å². The molecule has 0 aromatic rings. The fourth-order valence-corrected chi connectivity index (χ4v) is 3.38. The van der Waals surface area contributed by atoms with Crippen molar-refractivity contribution in [3.63, 3.8) is 0 Å². The summed E-state index contributed by atoms with van der Waals surface area (Å²) in [5, 5.41) is 8.58. The summed E-state index contributed by atoms with van der Waals surface area (Å²) < 4.78 is 65.9. The van der Waals surface area contributed by atoms with Crippen molar-refractivity contribution in [3.05, 3.63) is 0 Å². The molecule has 1 fully saturated rings. The number of nitrogens with zero attached hydrogens (tertiary/aromatic N) is 2. The van der Waals surface area contributed by atoms with Crippen molar-refractivity contribution in [2.75, 3.05) is 46.4 Å². The zero-order valence-corrected chi connectivity index (χ0v) is 16.1. The van der Waals surface area contributed by atoms with Crippen molar-refractivity contribution >= 4 is 21.9 Å². The van der Waals surface area contributed by atoms with Gasteiger partial charge in [-0.2, -0.15) is 17.5 Å². The van der Waals surface area contributed by atoms with E-state index in [1.807, 2.05) is 6.92 Å². The van der Waals surface area contributed by atoms with Crippen LogP contribution in [0.5, 0.6) is 0 Å². The van der Waals surface area contributed by atoms with E-state index in [1.54, 1.807) is 0 Å². The first-order chi connectivity index (χ1) is 12.6. The third kappa shape index (κ3) is 7.50. The monoisotopic (exact) mass is 417 g/mol. The minimum Gasteiger partial charge on any atom is -0.383 e. The van der Waals surface area contributed by atoms with Crippen LogP contribution in [-0.2, 0) is 19.6 Å². The number of halogens is 3. The predicted molar refractivity (Wildman–Crippen MR) is 93.6 cm³/mol. The molecule has 1 aliphatic rings. The maximum absolute atomic E-state index is 12.6. The Kier molecular flexibility index (Phi) is 9.26. The van der Waals surface area contributed by atoms with Crippen LogP contribution in [0.4, 0.5) is 13.2 Å². The molecule has 9 nitrogen and oxygen atoms in total. The van der Waals surface area contributed by atoms with Crippen LogP contribution in [0.15, 0.2) is 4.99 Å². The third-order valence-electron chi connectivity index (χ3n) is 3.78.